The number of unbranched alkanes of at least 4 members (excludes halogenated alkanes) is 1. The standard InChI is InChI=1S/C10H20N4S/c1-9(2)11-6-4-5-7-15-10-12-8-13-14(10)3/h8-9,11H,4-7H2,1-3H3. The average Bonchev–Trinajstić information content (AvgIpc) is 2.57. The smallest absolute Gasteiger partial charge is 0.185 e. The quantitative estimate of drug-likeness (QED) is 0.569. The van der Waals surface area contributed by atoms with Crippen LogP contribution in [0.4, 0.5) is 0 Å². The van der Waals surface area contributed by atoms with Gasteiger partial charge in [-0.25, -0.2) is 9.67 Å². The topological polar surface area (TPSA) is 42.7 Å². The molecule has 0 aliphatic carbocycles. The minimum Gasteiger partial charge on any atom is -0.315 e. The molecule has 1 heterocycles. The molecule has 86 valence electrons. The van der Waals surface area contributed by atoms with Gasteiger partial charge in [-0.2, -0.15) is 5.10 Å². The third-order valence-electron chi connectivity index (χ3n) is 2.02. The Morgan fingerprint density at radius 3 is 2.87 bits per heavy atom. The van der Waals surface area contributed by atoms with Crippen molar-refractivity contribution in [2.24, 2.45) is 7.05 Å². The van der Waals surface area contributed by atoms with E-state index in [0.717, 1.165) is 17.5 Å². The van der Waals surface area contributed by atoms with Gasteiger partial charge < -0.3 is 5.32 Å². The highest BCUT2D eigenvalue weighted by molar-refractivity contribution is 7.99. The van der Waals surface area contributed by atoms with Gasteiger partial charge in [-0.1, -0.05) is 25.6 Å². The summed E-state index contributed by atoms with van der Waals surface area (Å²) in [6.45, 7) is 5.46. The third-order valence-corrected chi connectivity index (χ3v) is 3.15. The highest BCUT2D eigenvalue weighted by Gasteiger charge is 2.00. The number of rotatable bonds is 7. The molecule has 0 aromatic carbocycles. The van der Waals surface area contributed by atoms with Crippen molar-refractivity contribution in [1.82, 2.24) is 20.1 Å². The van der Waals surface area contributed by atoms with Crippen LogP contribution in [0.5, 0.6) is 0 Å². The Balaban J connectivity index is 2.00. The molecule has 0 amide bonds. The van der Waals surface area contributed by atoms with E-state index in [1.54, 1.807) is 18.1 Å². The largest absolute Gasteiger partial charge is 0.315 e. The van der Waals surface area contributed by atoms with Crippen molar-refractivity contribution in [1.29, 1.82) is 0 Å². The maximum Gasteiger partial charge on any atom is 0.185 e. The lowest BCUT2D eigenvalue weighted by molar-refractivity contribution is 0.567. The highest BCUT2D eigenvalue weighted by Crippen LogP contribution is 2.14. The van der Waals surface area contributed by atoms with E-state index in [4.69, 9.17) is 0 Å². The molecule has 0 fully saturated rings. The molecule has 0 radical (unpaired) electrons. The summed E-state index contributed by atoms with van der Waals surface area (Å²) < 4.78 is 1.82. The van der Waals surface area contributed by atoms with E-state index < -0.39 is 0 Å². The molecule has 15 heavy (non-hydrogen) atoms. The maximum atomic E-state index is 4.16. The molecule has 0 aliphatic rings. The summed E-state index contributed by atoms with van der Waals surface area (Å²) >= 11 is 1.77. The van der Waals surface area contributed by atoms with Crippen LogP contribution in [0.15, 0.2) is 11.5 Å². The number of hydrogen-bond acceptors (Lipinski definition) is 4. The van der Waals surface area contributed by atoms with Gasteiger partial charge in [0.05, 0.1) is 0 Å². The monoisotopic (exact) mass is 228 g/mol. The van der Waals surface area contributed by atoms with Crippen LogP contribution < -0.4 is 5.32 Å². The molecule has 1 N–H and O–H groups in total. The Morgan fingerprint density at radius 1 is 1.47 bits per heavy atom. The van der Waals surface area contributed by atoms with Crippen molar-refractivity contribution in [3.63, 3.8) is 0 Å². The predicted molar refractivity (Wildman–Crippen MR) is 64.1 cm³/mol. The first-order valence-electron chi connectivity index (χ1n) is 5.40. The lowest BCUT2D eigenvalue weighted by Gasteiger charge is -2.06. The SMILES string of the molecule is CC(C)NCCCCSc1ncnn1C. The summed E-state index contributed by atoms with van der Waals surface area (Å²) in [5, 5.41) is 8.44. The fraction of sp³-hybridized carbons (Fsp3) is 0.800. The van der Waals surface area contributed by atoms with Gasteiger partial charge in [0.15, 0.2) is 5.16 Å². The number of nitrogens with zero attached hydrogens (tertiary/aromatic N) is 3. The van der Waals surface area contributed by atoms with Crippen molar-refractivity contribution in [3.05, 3.63) is 6.33 Å². The van der Waals surface area contributed by atoms with Gasteiger partial charge >= 0.3 is 0 Å². The van der Waals surface area contributed by atoms with Crippen molar-refractivity contribution in [3.8, 4) is 0 Å². The van der Waals surface area contributed by atoms with Crippen LogP contribution in [0.25, 0.3) is 0 Å². The molecule has 0 spiro atoms. The Hall–Kier alpha value is -0.550. The third kappa shape index (κ3) is 5.18. The fourth-order valence-corrected chi connectivity index (χ4v) is 2.08. The first-order valence-corrected chi connectivity index (χ1v) is 6.39. The molecule has 1 aromatic heterocycles. The normalized spacial score (nSPS) is 11.2. The van der Waals surface area contributed by atoms with Gasteiger partial charge in [-0.3, -0.25) is 0 Å². The summed E-state index contributed by atoms with van der Waals surface area (Å²) in [6, 6.07) is 0.594. The summed E-state index contributed by atoms with van der Waals surface area (Å²) in [4.78, 5) is 4.16. The van der Waals surface area contributed by atoms with Crippen LogP contribution in [0, 0.1) is 0 Å². The van der Waals surface area contributed by atoms with Crippen molar-refractivity contribution in [2.45, 2.75) is 37.9 Å². The molecule has 0 saturated carbocycles. The molecular weight excluding hydrogens is 208 g/mol. The van der Waals surface area contributed by atoms with Gasteiger partial charge in [0.1, 0.15) is 6.33 Å². The summed E-state index contributed by atoms with van der Waals surface area (Å²) in [6.07, 6.45) is 4.04. The van der Waals surface area contributed by atoms with E-state index in [1.165, 1.54) is 12.8 Å². The number of aryl methyl sites for hydroxylation is 1. The lowest BCUT2D eigenvalue weighted by atomic mass is 10.3. The molecule has 1 rings (SSSR count). The van der Waals surface area contributed by atoms with Crippen LogP contribution in [0.3, 0.4) is 0 Å². The minimum atomic E-state index is 0.594. The van der Waals surface area contributed by atoms with E-state index in [-0.39, 0.29) is 0 Å². The van der Waals surface area contributed by atoms with Crippen LogP contribution in [-0.4, -0.2) is 33.1 Å². The van der Waals surface area contributed by atoms with Gasteiger partial charge in [0.2, 0.25) is 0 Å². The zero-order valence-corrected chi connectivity index (χ0v) is 10.5. The Labute approximate surface area is 95.9 Å². The molecule has 5 heteroatoms. The zero-order valence-electron chi connectivity index (χ0n) is 9.73. The van der Waals surface area contributed by atoms with E-state index in [1.807, 2.05) is 11.7 Å². The second-order valence-electron chi connectivity index (χ2n) is 3.83. The summed E-state index contributed by atoms with van der Waals surface area (Å²) in [5.74, 6) is 1.12. The zero-order chi connectivity index (χ0) is 11.1. The second kappa shape index (κ2) is 6.85. The van der Waals surface area contributed by atoms with E-state index in [0.29, 0.717) is 6.04 Å². The number of aromatic nitrogens is 3. The molecule has 4 nitrogen and oxygen atoms in total. The van der Waals surface area contributed by atoms with Crippen molar-refractivity contribution >= 4 is 11.8 Å². The maximum absolute atomic E-state index is 4.16. The molecule has 0 bridgehead atoms. The number of hydrogen-bond donors (Lipinski definition) is 1. The van der Waals surface area contributed by atoms with Crippen molar-refractivity contribution in [2.75, 3.05) is 12.3 Å². The summed E-state index contributed by atoms with van der Waals surface area (Å²) in [7, 11) is 1.93. The van der Waals surface area contributed by atoms with Gasteiger partial charge in [0.25, 0.3) is 0 Å². The molecule has 0 atom stereocenters. The minimum absolute atomic E-state index is 0.594. The van der Waals surface area contributed by atoms with Crippen LogP contribution >= 0.6 is 11.8 Å². The molecule has 1 aromatic rings. The lowest BCUT2D eigenvalue weighted by Crippen LogP contribution is -2.23. The van der Waals surface area contributed by atoms with Crippen LogP contribution in [-0.2, 0) is 7.05 Å². The molecule has 0 unspecified atom stereocenters. The Morgan fingerprint density at radius 2 is 2.27 bits per heavy atom. The Kier molecular flexibility index (Phi) is 5.71. The fourth-order valence-electron chi connectivity index (χ4n) is 1.20. The van der Waals surface area contributed by atoms with E-state index in [9.17, 15) is 0 Å². The highest BCUT2D eigenvalue weighted by atomic mass is 32.2. The van der Waals surface area contributed by atoms with E-state index in [2.05, 4.69) is 29.2 Å². The van der Waals surface area contributed by atoms with Crippen LogP contribution in [0.2, 0.25) is 0 Å². The molecule has 0 saturated heterocycles. The number of thioether (sulfide) groups is 1. The first-order chi connectivity index (χ1) is 7.20. The van der Waals surface area contributed by atoms with E-state index >= 15 is 0 Å². The summed E-state index contributed by atoms with van der Waals surface area (Å²) in [5.41, 5.74) is 0. The Bertz CT molecular complexity index is 272. The van der Waals surface area contributed by atoms with Crippen molar-refractivity contribution < 1.29 is 0 Å². The average molecular weight is 228 g/mol. The number of nitrogens with one attached hydrogen (secondary N) is 1. The van der Waals surface area contributed by atoms with Gasteiger partial charge in [-0.05, 0) is 19.4 Å². The first kappa shape index (κ1) is 12.5. The van der Waals surface area contributed by atoms with Gasteiger partial charge in [-0.15, -0.1) is 0 Å². The second-order valence-corrected chi connectivity index (χ2v) is 4.89. The molecule has 0 aliphatic heterocycles. The van der Waals surface area contributed by atoms with Gasteiger partial charge in [0, 0.05) is 18.8 Å². The predicted octanol–water partition coefficient (Wildman–Crippen LogP) is 1.69. The van der Waals surface area contributed by atoms with Crippen LogP contribution in [0.1, 0.15) is 26.7 Å². The molecular formula is C10H20N4S.